The lowest BCUT2D eigenvalue weighted by Gasteiger charge is -2.11. The lowest BCUT2D eigenvalue weighted by Crippen LogP contribution is -2.06. The van der Waals surface area contributed by atoms with Crippen molar-refractivity contribution in [2.45, 2.75) is 19.1 Å². The van der Waals surface area contributed by atoms with Gasteiger partial charge in [-0.2, -0.15) is 17.6 Å². The Morgan fingerprint density at radius 2 is 1.70 bits per heavy atom. The number of hydrogen-bond acceptors (Lipinski definition) is 3. The molecule has 1 heterocycles. The molecule has 0 radical (unpaired) electrons. The second-order valence-corrected chi connectivity index (χ2v) is 4.49. The third-order valence-corrected chi connectivity index (χ3v) is 3.04. The fraction of sp³-hybridized carbons (Fsp3) is 0.214. The van der Waals surface area contributed by atoms with Gasteiger partial charge >= 0.3 is 13.2 Å². The van der Waals surface area contributed by atoms with Crippen molar-refractivity contribution in [1.82, 2.24) is 4.98 Å². The molecule has 0 aliphatic rings. The molecule has 1 aromatic heterocycles. The van der Waals surface area contributed by atoms with E-state index in [0.717, 1.165) is 12.1 Å². The lowest BCUT2D eigenvalue weighted by molar-refractivity contribution is -0.0536. The summed E-state index contributed by atoms with van der Waals surface area (Å²) >= 11 is 5.65. The molecule has 0 fully saturated rings. The molecular formula is C14H9ClF5NO2. The average molecular weight is 354 g/mol. The third-order valence-electron chi connectivity index (χ3n) is 2.75. The average Bonchev–Trinajstić information content (AvgIpc) is 2.49. The van der Waals surface area contributed by atoms with E-state index in [1.54, 1.807) is 0 Å². The molecule has 0 amide bonds. The molecule has 0 aliphatic carbocycles. The van der Waals surface area contributed by atoms with Gasteiger partial charge in [0.25, 0.3) is 0 Å². The SMILES string of the molecule is Fc1ccc(-c2cnc(OC(F)F)c(CCl)c2)cc1OC(F)F. The topological polar surface area (TPSA) is 31.4 Å². The summed E-state index contributed by atoms with van der Waals surface area (Å²) in [4.78, 5) is 3.71. The molecule has 0 spiro atoms. The number of halogens is 6. The second-order valence-electron chi connectivity index (χ2n) is 4.22. The Labute approximate surface area is 132 Å². The van der Waals surface area contributed by atoms with Crippen molar-refractivity contribution in [2.75, 3.05) is 0 Å². The molecule has 124 valence electrons. The molecule has 2 aromatic rings. The van der Waals surface area contributed by atoms with Crippen molar-refractivity contribution >= 4 is 11.6 Å². The molecular weight excluding hydrogens is 345 g/mol. The van der Waals surface area contributed by atoms with Gasteiger partial charge in [0.2, 0.25) is 5.88 Å². The Balaban J connectivity index is 2.38. The molecule has 9 heteroatoms. The van der Waals surface area contributed by atoms with Crippen LogP contribution in [0.3, 0.4) is 0 Å². The fourth-order valence-corrected chi connectivity index (χ4v) is 2.00. The standard InChI is InChI=1S/C14H9ClF5NO2/c15-5-8-3-9(6-21-12(8)23-14(19)20)7-1-2-10(16)11(4-7)22-13(17)18/h1-4,6,13-14H,5H2. The van der Waals surface area contributed by atoms with E-state index in [1.165, 1.54) is 18.3 Å². The van der Waals surface area contributed by atoms with Crippen molar-refractivity contribution < 1.29 is 31.4 Å². The van der Waals surface area contributed by atoms with Gasteiger partial charge in [0.1, 0.15) is 0 Å². The van der Waals surface area contributed by atoms with Gasteiger partial charge in [0.05, 0.1) is 5.88 Å². The molecule has 0 unspecified atom stereocenters. The highest BCUT2D eigenvalue weighted by Crippen LogP contribution is 2.30. The molecule has 3 nitrogen and oxygen atoms in total. The summed E-state index contributed by atoms with van der Waals surface area (Å²) < 4.78 is 70.6. The van der Waals surface area contributed by atoms with Crippen molar-refractivity contribution in [3.63, 3.8) is 0 Å². The minimum absolute atomic E-state index is 0.162. The van der Waals surface area contributed by atoms with Crippen LogP contribution in [0.1, 0.15) is 5.56 Å². The van der Waals surface area contributed by atoms with Crippen molar-refractivity contribution in [3.8, 4) is 22.8 Å². The molecule has 0 atom stereocenters. The van der Waals surface area contributed by atoms with Gasteiger partial charge < -0.3 is 9.47 Å². The Bertz CT molecular complexity index is 684. The first-order chi connectivity index (χ1) is 10.9. The first-order valence-electron chi connectivity index (χ1n) is 6.15. The van der Waals surface area contributed by atoms with Crippen LogP contribution in [0.2, 0.25) is 0 Å². The molecule has 1 aromatic carbocycles. The summed E-state index contributed by atoms with van der Waals surface area (Å²) in [5.74, 6) is -2.11. The number of aromatic nitrogens is 1. The van der Waals surface area contributed by atoms with Crippen LogP contribution in [0.15, 0.2) is 30.5 Å². The molecule has 23 heavy (non-hydrogen) atoms. The summed E-state index contributed by atoms with van der Waals surface area (Å²) in [6.07, 6.45) is 1.17. The fourth-order valence-electron chi connectivity index (χ4n) is 1.81. The zero-order valence-corrected chi connectivity index (χ0v) is 12.0. The molecule has 2 rings (SSSR count). The highest BCUT2D eigenvalue weighted by atomic mass is 35.5. The van der Waals surface area contributed by atoms with Crippen LogP contribution in [-0.2, 0) is 5.88 Å². The highest BCUT2D eigenvalue weighted by Gasteiger charge is 2.15. The maximum atomic E-state index is 13.4. The molecule has 0 N–H and O–H groups in total. The number of alkyl halides is 5. The summed E-state index contributed by atoms with van der Waals surface area (Å²) in [7, 11) is 0. The minimum Gasteiger partial charge on any atom is -0.432 e. The quantitative estimate of drug-likeness (QED) is 0.550. The van der Waals surface area contributed by atoms with Gasteiger partial charge in [0, 0.05) is 17.3 Å². The van der Waals surface area contributed by atoms with E-state index >= 15 is 0 Å². The number of ether oxygens (including phenoxy) is 2. The largest absolute Gasteiger partial charge is 0.432 e. The van der Waals surface area contributed by atoms with Crippen LogP contribution in [0.25, 0.3) is 11.1 Å². The minimum atomic E-state index is -3.18. The number of pyridine rings is 1. The first kappa shape index (κ1) is 17.3. The number of rotatable bonds is 6. The van der Waals surface area contributed by atoms with Gasteiger partial charge in [0.15, 0.2) is 11.6 Å². The summed E-state index contributed by atoms with van der Waals surface area (Å²) in [5, 5.41) is 0. The molecule has 0 saturated carbocycles. The normalized spacial score (nSPS) is 11.1. The molecule has 0 saturated heterocycles. The predicted octanol–water partition coefficient (Wildman–Crippen LogP) is 4.83. The zero-order chi connectivity index (χ0) is 17.0. The maximum absolute atomic E-state index is 13.4. The Morgan fingerprint density at radius 1 is 1.00 bits per heavy atom. The lowest BCUT2D eigenvalue weighted by atomic mass is 10.1. The van der Waals surface area contributed by atoms with Crippen LogP contribution in [0.5, 0.6) is 11.6 Å². The van der Waals surface area contributed by atoms with Gasteiger partial charge in [-0.05, 0) is 23.8 Å². The Morgan fingerprint density at radius 3 is 2.30 bits per heavy atom. The number of nitrogens with zero attached hydrogens (tertiary/aromatic N) is 1. The van der Waals surface area contributed by atoms with Crippen LogP contribution in [0, 0.1) is 5.82 Å². The van der Waals surface area contributed by atoms with Crippen LogP contribution < -0.4 is 9.47 Å². The van der Waals surface area contributed by atoms with Gasteiger partial charge in [-0.3, -0.25) is 0 Å². The highest BCUT2D eigenvalue weighted by molar-refractivity contribution is 6.17. The van der Waals surface area contributed by atoms with E-state index in [2.05, 4.69) is 14.5 Å². The maximum Gasteiger partial charge on any atom is 0.388 e. The summed E-state index contributed by atoms with van der Waals surface area (Å²) in [5.41, 5.74) is 0.816. The second kappa shape index (κ2) is 7.45. The monoisotopic (exact) mass is 353 g/mol. The van der Waals surface area contributed by atoms with Gasteiger partial charge in [-0.1, -0.05) is 6.07 Å². The van der Waals surface area contributed by atoms with E-state index in [0.29, 0.717) is 11.1 Å². The predicted molar refractivity (Wildman–Crippen MR) is 72.5 cm³/mol. The van der Waals surface area contributed by atoms with Gasteiger partial charge in [-0.25, -0.2) is 9.37 Å². The summed E-state index contributed by atoms with van der Waals surface area (Å²) in [6, 6.07) is 4.68. The molecule has 0 bridgehead atoms. The first-order valence-corrected chi connectivity index (χ1v) is 6.68. The number of hydrogen-bond donors (Lipinski definition) is 0. The van der Waals surface area contributed by atoms with Gasteiger partial charge in [-0.15, -0.1) is 11.6 Å². The van der Waals surface area contributed by atoms with E-state index in [4.69, 9.17) is 11.6 Å². The van der Waals surface area contributed by atoms with Crippen molar-refractivity contribution in [1.29, 1.82) is 0 Å². The van der Waals surface area contributed by atoms with E-state index < -0.39 is 24.8 Å². The van der Waals surface area contributed by atoms with Crippen LogP contribution in [-0.4, -0.2) is 18.2 Å². The zero-order valence-electron chi connectivity index (χ0n) is 11.3. The van der Waals surface area contributed by atoms with Crippen LogP contribution >= 0.6 is 11.6 Å². The van der Waals surface area contributed by atoms with Crippen LogP contribution in [0.4, 0.5) is 22.0 Å². The third kappa shape index (κ3) is 4.44. The smallest absolute Gasteiger partial charge is 0.388 e. The van der Waals surface area contributed by atoms with Crippen molar-refractivity contribution in [3.05, 3.63) is 41.8 Å². The molecule has 0 aliphatic heterocycles. The Kier molecular flexibility index (Phi) is 5.59. The van der Waals surface area contributed by atoms with Crippen molar-refractivity contribution in [2.24, 2.45) is 0 Å². The summed E-state index contributed by atoms with van der Waals surface area (Å²) in [6.45, 7) is -6.25. The Hall–Kier alpha value is -2.09. The number of benzene rings is 1. The van der Waals surface area contributed by atoms with E-state index in [-0.39, 0.29) is 17.3 Å². The van der Waals surface area contributed by atoms with E-state index in [9.17, 15) is 22.0 Å². The van der Waals surface area contributed by atoms with E-state index in [1.807, 2.05) is 0 Å².